The lowest BCUT2D eigenvalue weighted by Gasteiger charge is -2.57. The van der Waals surface area contributed by atoms with Crippen LogP contribution in [-0.2, 0) is 43.6 Å². The molecular formula is C37H46N4O7Si. The van der Waals surface area contributed by atoms with Gasteiger partial charge in [-0.05, 0) is 34.6 Å². The van der Waals surface area contributed by atoms with Crippen LogP contribution in [0, 0.1) is 5.92 Å². The lowest BCUT2D eigenvalue weighted by Crippen LogP contribution is -2.74. The summed E-state index contributed by atoms with van der Waals surface area (Å²) in [6.45, 7) is 10.4. The van der Waals surface area contributed by atoms with Crippen molar-refractivity contribution in [3.05, 3.63) is 108 Å². The van der Waals surface area contributed by atoms with E-state index in [-0.39, 0.29) is 50.2 Å². The van der Waals surface area contributed by atoms with Crippen molar-refractivity contribution in [2.75, 3.05) is 6.54 Å². The molecule has 1 fully saturated rings. The summed E-state index contributed by atoms with van der Waals surface area (Å²) < 4.78 is 18.2. The van der Waals surface area contributed by atoms with Crippen molar-refractivity contribution in [1.82, 2.24) is 9.47 Å². The molecule has 11 nitrogen and oxygen atoms in total. The topological polar surface area (TPSA) is 141 Å². The molecule has 2 N–H and O–H groups in total. The standard InChI is InChI=1S/C37H46N4O7Si/c1-37(2,3)49(4,5)41-31(33(43)46-24-27-16-9-6-10-17-27)30(32(41)42)22-15-23-40(36(45)48-26-29-20-13-8-14-21-29)34(38)39-35(44)47-25-28-18-11-7-12-19-28/h6-14,16-21,30-31H,15,22-26H2,1-5H3,(H2,38,39,44). The first-order valence-electron chi connectivity index (χ1n) is 16.4. The van der Waals surface area contributed by atoms with Crippen LogP contribution >= 0.6 is 0 Å². The Labute approximate surface area is 289 Å². The molecule has 49 heavy (non-hydrogen) atoms. The normalized spacial score (nSPS) is 16.4. The van der Waals surface area contributed by atoms with E-state index in [1.54, 1.807) is 16.7 Å². The zero-order valence-corrected chi connectivity index (χ0v) is 29.8. The maximum absolute atomic E-state index is 13.7. The molecule has 1 saturated heterocycles. The van der Waals surface area contributed by atoms with Crippen LogP contribution in [0.4, 0.5) is 9.59 Å². The van der Waals surface area contributed by atoms with E-state index in [0.29, 0.717) is 0 Å². The smallest absolute Gasteiger partial charge is 0.437 e. The monoisotopic (exact) mass is 686 g/mol. The van der Waals surface area contributed by atoms with Crippen LogP contribution in [0.15, 0.2) is 96.0 Å². The Hall–Kier alpha value is -4.97. The highest BCUT2D eigenvalue weighted by Gasteiger charge is 2.60. The second-order valence-corrected chi connectivity index (χ2v) is 18.6. The number of nitrogens with two attached hydrogens (primary N) is 1. The van der Waals surface area contributed by atoms with E-state index in [9.17, 15) is 19.2 Å². The second-order valence-electron chi connectivity index (χ2n) is 13.5. The molecule has 0 spiro atoms. The van der Waals surface area contributed by atoms with E-state index in [0.717, 1.165) is 21.6 Å². The van der Waals surface area contributed by atoms with Crippen molar-refractivity contribution in [3.63, 3.8) is 0 Å². The van der Waals surface area contributed by atoms with Crippen molar-refractivity contribution < 1.29 is 33.4 Å². The first kappa shape index (κ1) is 36.9. The lowest BCUT2D eigenvalue weighted by molar-refractivity contribution is -0.169. The Kier molecular flexibility index (Phi) is 12.4. The summed E-state index contributed by atoms with van der Waals surface area (Å²) in [7, 11) is -2.44. The van der Waals surface area contributed by atoms with E-state index >= 15 is 0 Å². The number of nitrogens with zero attached hydrogens (tertiary/aromatic N) is 3. The average Bonchev–Trinajstić information content (AvgIpc) is 3.08. The van der Waals surface area contributed by atoms with Crippen LogP contribution in [0.3, 0.4) is 0 Å². The third kappa shape index (κ3) is 9.56. The minimum atomic E-state index is -2.44. The molecule has 3 aromatic carbocycles. The molecule has 0 aromatic heterocycles. The van der Waals surface area contributed by atoms with Gasteiger partial charge in [0.25, 0.3) is 0 Å². The highest BCUT2D eigenvalue weighted by molar-refractivity contribution is 6.80. The van der Waals surface area contributed by atoms with E-state index in [1.807, 2.05) is 78.9 Å². The second kappa shape index (κ2) is 16.4. The molecule has 0 bridgehead atoms. The number of esters is 1. The summed E-state index contributed by atoms with van der Waals surface area (Å²) in [5, 5.41) is -0.203. The molecule has 1 heterocycles. The quantitative estimate of drug-likeness (QED) is 0.0559. The van der Waals surface area contributed by atoms with Crippen LogP contribution in [0.2, 0.25) is 18.1 Å². The first-order chi connectivity index (χ1) is 23.3. The summed E-state index contributed by atoms with van der Waals surface area (Å²) >= 11 is 0. The van der Waals surface area contributed by atoms with Gasteiger partial charge in [-0.15, -0.1) is 4.99 Å². The van der Waals surface area contributed by atoms with E-state index in [2.05, 4.69) is 38.9 Å². The zero-order valence-electron chi connectivity index (χ0n) is 28.8. The van der Waals surface area contributed by atoms with Gasteiger partial charge in [0.05, 0.1) is 5.92 Å². The number of aliphatic imine (C=N–C) groups is 1. The summed E-state index contributed by atoms with van der Waals surface area (Å²) in [5.74, 6) is -1.62. The number of carbonyl (C=O) groups excluding carboxylic acids is 4. The zero-order chi connectivity index (χ0) is 35.6. The predicted octanol–water partition coefficient (Wildman–Crippen LogP) is 6.63. The number of rotatable bonds is 12. The van der Waals surface area contributed by atoms with E-state index in [4.69, 9.17) is 19.9 Å². The molecule has 3 amide bonds. The van der Waals surface area contributed by atoms with E-state index < -0.39 is 44.3 Å². The summed E-state index contributed by atoms with van der Waals surface area (Å²) in [6.07, 6.45) is -1.26. The molecule has 2 atom stereocenters. The third-order valence-electron chi connectivity index (χ3n) is 9.13. The van der Waals surface area contributed by atoms with Gasteiger partial charge in [0.1, 0.15) is 25.9 Å². The number of hydrogen-bond donors (Lipinski definition) is 1. The Bertz CT molecular complexity index is 1610. The van der Waals surface area contributed by atoms with Crippen molar-refractivity contribution in [3.8, 4) is 0 Å². The number of carbonyl (C=O) groups is 4. The molecule has 4 rings (SSSR count). The molecule has 0 radical (unpaired) electrons. The highest BCUT2D eigenvalue weighted by Crippen LogP contribution is 2.46. The Balaban J connectivity index is 1.47. The molecule has 260 valence electrons. The number of amides is 3. The van der Waals surface area contributed by atoms with Gasteiger partial charge in [0, 0.05) is 6.54 Å². The van der Waals surface area contributed by atoms with Crippen LogP contribution in [0.1, 0.15) is 50.3 Å². The first-order valence-corrected chi connectivity index (χ1v) is 19.3. The molecular weight excluding hydrogens is 641 g/mol. The number of benzene rings is 3. The van der Waals surface area contributed by atoms with Gasteiger partial charge in [0.15, 0.2) is 8.24 Å². The van der Waals surface area contributed by atoms with Crippen molar-refractivity contribution in [2.24, 2.45) is 16.6 Å². The Morgan fingerprint density at radius 1 is 0.796 bits per heavy atom. The molecule has 2 unspecified atom stereocenters. The number of hydrogen-bond acceptors (Lipinski definition) is 7. The molecule has 0 aliphatic carbocycles. The van der Waals surface area contributed by atoms with Gasteiger partial charge >= 0.3 is 18.2 Å². The molecule has 3 aromatic rings. The minimum absolute atomic E-state index is 0.0226. The predicted molar refractivity (Wildman–Crippen MR) is 188 cm³/mol. The molecule has 12 heteroatoms. The van der Waals surface area contributed by atoms with E-state index in [1.165, 1.54) is 0 Å². The van der Waals surface area contributed by atoms with Gasteiger partial charge in [-0.1, -0.05) is 125 Å². The fraction of sp³-hybridized carbons (Fsp3) is 0.378. The SMILES string of the molecule is CC(C)(C)[Si](C)(C)N1C(=O)C(CCCN(C(=O)OCc2ccccc2)/C(N)=N\C(=O)OCc2ccccc2)C1C(=O)OCc1ccccc1. The fourth-order valence-corrected chi connectivity index (χ4v) is 7.79. The molecule has 1 aliphatic rings. The number of guanidine groups is 1. The molecule has 1 aliphatic heterocycles. The van der Waals surface area contributed by atoms with Crippen LogP contribution in [-0.4, -0.2) is 60.3 Å². The number of ether oxygens (including phenoxy) is 3. The maximum Gasteiger partial charge on any atom is 0.437 e. The third-order valence-corrected chi connectivity index (χ3v) is 14.5. The van der Waals surface area contributed by atoms with Gasteiger partial charge in [-0.3, -0.25) is 4.79 Å². The van der Waals surface area contributed by atoms with Crippen molar-refractivity contribution >= 4 is 38.3 Å². The van der Waals surface area contributed by atoms with Gasteiger partial charge in [-0.25, -0.2) is 19.3 Å². The van der Waals surface area contributed by atoms with Crippen LogP contribution < -0.4 is 5.73 Å². The van der Waals surface area contributed by atoms with Crippen molar-refractivity contribution in [1.29, 1.82) is 0 Å². The largest absolute Gasteiger partial charge is 0.459 e. The fourth-order valence-electron chi connectivity index (χ4n) is 5.37. The van der Waals surface area contributed by atoms with Gasteiger partial charge in [0.2, 0.25) is 11.9 Å². The Morgan fingerprint density at radius 3 is 1.76 bits per heavy atom. The summed E-state index contributed by atoms with van der Waals surface area (Å²) in [5.41, 5.74) is 8.54. The van der Waals surface area contributed by atoms with Crippen LogP contribution in [0.5, 0.6) is 0 Å². The highest BCUT2D eigenvalue weighted by atomic mass is 28.3. The lowest BCUT2D eigenvalue weighted by atomic mass is 9.86. The maximum atomic E-state index is 13.7. The Morgan fingerprint density at radius 2 is 1.27 bits per heavy atom. The van der Waals surface area contributed by atoms with Crippen LogP contribution in [0.25, 0.3) is 0 Å². The van der Waals surface area contributed by atoms with Crippen molar-refractivity contribution in [2.45, 2.75) is 77.6 Å². The van der Waals surface area contributed by atoms with Gasteiger partial charge < -0.3 is 24.5 Å². The average molecular weight is 687 g/mol. The summed E-state index contributed by atoms with van der Waals surface area (Å²) in [4.78, 5) is 58.0. The van der Waals surface area contributed by atoms with Gasteiger partial charge in [-0.2, -0.15) is 0 Å². The molecule has 0 saturated carbocycles. The summed E-state index contributed by atoms with van der Waals surface area (Å²) in [6, 6.07) is 26.8. The number of β-lactam (4-membered cyclic amide) rings is 1. The minimum Gasteiger partial charge on any atom is -0.459 e.